The highest BCUT2D eigenvalue weighted by atomic mass is 16.5. The molecule has 1 fully saturated rings. The fourth-order valence-electron chi connectivity index (χ4n) is 2.44. The fraction of sp³-hybridized carbons (Fsp3) is 0.375. The number of morpholine rings is 1. The van der Waals surface area contributed by atoms with Crippen LogP contribution < -0.4 is 5.32 Å². The highest BCUT2D eigenvalue weighted by Crippen LogP contribution is 2.16. The van der Waals surface area contributed by atoms with Crippen LogP contribution in [-0.2, 0) is 4.74 Å². The van der Waals surface area contributed by atoms with Crippen LogP contribution in [0.3, 0.4) is 0 Å². The molecule has 0 spiro atoms. The Labute approximate surface area is 129 Å². The molecule has 2 N–H and O–H groups in total. The van der Waals surface area contributed by atoms with Gasteiger partial charge >= 0.3 is 0 Å². The molecule has 1 amide bonds. The van der Waals surface area contributed by atoms with Crippen molar-refractivity contribution >= 4 is 5.91 Å². The zero-order chi connectivity index (χ0) is 15.2. The van der Waals surface area contributed by atoms with Crippen molar-refractivity contribution in [3.63, 3.8) is 0 Å². The van der Waals surface area contributed by atoms with Gasteiger partial charge in [-0.2, -0.15) is 5.10 Å². The van der Waals surface area contributed by atoms with Crippen LogP contribution in [0.2, 0.25) is 0 Å². The minimum Gasteiger partial charge on any atom is -0.379 e. The zero-order valence-corrected chi connectivity index (χ0v) is 12.4. The number of benzene rings is 1. The molecule has 0 bridgehead atoms. The number of H-pyrrole nitrogens is 1. The van der Waals surface area contributed by atoms with Crippen molar-refractivity contribution in [1.29, 1.82) is 0 Å². The zero-order valence-electron chi connectivity index (χ0n) is 12.4. The van der Waals surface area contributed by atoms with E-state index in [0.717, 1.165) is 44.1 Å². The molecule has 0 aliphatic carbocycles. The molecule has 0 atom stereocenters. The van der Waals surface area contributed by atoms with E-state index in [-0.39, 0.29) is 5.91 Å². The van der Waals surface area contributed by atoms with E-state index in [2.05, 4.69) is 20.4 Å². The second-order valence-corrected chi connectivity index (χ2v) is 5.24. The molecule has 6 heteroatoms. The van der Waals surface area contributed by atoms with Gasteiger partial charge in [0, 0.05) is 31.7 Å². The lowest BCUT2D eigenvalue weighted by Gasteiger charge is -2.26. The van der Waals surface area contributed by atoms with Crippen LogP contribution in [0.4, 0.5) is 0 Å². The first kappa shape index (κ1) is 14.7. The Hall–Kier alpha value is -2.18. The van der Waals surface area contributed by atoms with Crippen molar-refractivity contribution in [2.75, 3.05) is 39.4 Å². The number of carbonyl (C=O) groups excluding carboxylic acids is 1. The molecular weight excluding hydrogens is 280 g/mol. The normalized spacial score (nSPS) is 15.6. The summed E-state index contributed by atoms with van der Waals surface area (Å²) >= 11 is 0. The molecule has 3 rings (SSSR count). The molecule has 0 unspecified atom stereocenters. The third-order valence-electron chi connectivity index (χ3n) is 3.71. The monoisotopic (exact) mass is 300 g/mol. The summed E-state index contributed by atoms with van der Waals surface area (Å²) in [6.45, 7) is 4.87. The van der Waals surface area contributed by atoms with E-state index in [1.165, 1.54) is 0 Å². The van der Waals surface area contributed by atoms with Crippen LogP contribution in [-0.4, -0.2) is 60.4 Å². The second kappa shape index (κ2) is 7.20. The smallest absolute Gasteiger partial charge is 0.269 e. The molecule has 1 saturated heterocycles. The van der Waals surface area contributed by atoms with Gasteiger partial charge < -0.3 is 10.1 Å². The van der Waals surface area contributed by atoms with Gasteiger partial charge in [-0.05, 0) is 6.07 Å². The lowest BCUT2D eigenvalue weighted by molar-refractivity contribution is 0.0383. The third-order valence-corrected chi connectivity index (χ3v) is 3.71. The average molecular weight is 300 g/mol. The number of hydrogen-bond acceptors (Lipinski definition) is 4. The van der Waals surface area contributed by atoms with Crippen molar-refractivity contribution in [2.24, 2.45) is 0 Å². The largest absolute Gasteiger partial charge is 0.379 e. The molecule has 2 heterocycles. The van der Waals surface area contributed by atoms with Crippen molar-refractivity contribution in [1.82, 2.24) is 20.4 Å². The summed E-state index contributed by atoms with van der Waals surface area (Å²) in [5.41, 5.74) is 2.26. The minimum absolute atomic E-state index is 0.122. The summed E-state index contributed by atoms with van der Waals surface area (Å²) in [5.74, 6) is -0.122. The van der Waals surface area contributed by atoms with Crippen LogP contribution in [0.15, 0.2) is 36.4 Å². The van der Waals surface area contributed by atoms with Gasteiger partial charge in [0.05, 0.1) is 18.9 Å². The lowest BCUT2D eigenvalue weighted by Crippen LogP contribution is -2.41. The molecule has 1 aromatic carbocycles. The number of nitrogens with zero attached hydrogens (tertiary/aromatic N) is 2. The van der Waals surface area contributed by atoms with Crippen molar-refractivity contribution in [3.05, 3.63) is 42.1 Å². The van der Waals surface area contributed by atoms with E-state index in [4.69, 9.17) is 4.74 Å². The van der Waals surface area contributed by atoms with Crippen molar-refractivity contribution < 1.29 is 9.53 Å². The highest BCUT2D eigenvalue weighted by molar-refractivity contribution is 5.93. The predicted molar refractivity (Wildman–Crippen MR) is 83.6 cm³/mol. The van der Waals surface area contributed by atoms with Gasteiger partial charge in [-0.15, -0.1) is 0 Å². The van der Waals surface area contributed by atoms with Gasteiger partial charge in [-0.1, -0.05) is 30.3 Å². The van der Waals surface area contributed by atoms with E-state index in [1.54, 1.807) is 6.07 Å². The Kier molecular flexibility index (Phi) is 4.82. The van der Waals surface area contributed by atoms with Crippen LogP contribution >= 0.6 is 0 Å². The van der Waals surface area contributed by atoms with Crippen molar-refractivity contribution in [2.45, 2.75) is 0 Å². The Bertz CT molecular complexity index is 606. The minimum atomic E-state index is -0.122. The van der Waals surface area contributed by atoms with Crippen LogP contribution in [0, 0.1) is 0 Å². The average Bonchev–Trinajstić information content (AvgIpc) is 3.07. The maximum Gasteiger partial charge on any atom is 0.269 e. The van der Waals surface area contributed by atoms with E-state index in [1.807, 2.05) is 30.3 Å². The fourth-order valence-corrected chi connectivity index (χ4v) is 2.44. The number of aromatic amines is 1. The molecule has 0 radical (unpaired) electrons. The molecule has 2 aromatic rings. The van der Waals surface area contributed by atoms with Gasteiger partial charge in [0.15, 0.2) is 0 Å². The standard InChI is InChI=1S/C16H20N4O2/c21-16(17-6-7-20-8-10-22-11-9-20)15-12-14(18-19-15)13-4-2-1-3-5-13/h1-5,12H,6-11H2,(H,17,21)(H,18,19). The molecule has 116 valence electrons. The SMILES string of the molecule is O=C(NCCN1CCOCC1)c1cc(-c2ccccc2)n[nH]1. The van der Waals surface area contributed by atoms with Gasteiger partial charge in [-0.25, -0.2) is 0 Å². The Morgan fingerprint density at radius 1 is 1.27 bits per heavy atom. The predicted octanol–water partition coefficient (Wildman–Crippen LogP) is 1.14. The number of rotatable bonds is 5. The van der Waals surface area contributed by atoms with Gasteiger partial charge in [0.25, 0.3) is 5.91 Å². The first-order valence-corrected chi connectivity index (χ1v) is 7.52. The summed E-state index contributed by atoms with van der Waals surface area (Å²) in [6.07, 6.45) is 0. The van der Waals surface area contributed by atoms with E-state index in [0.29, 0.717) is 12.2 Å². The maximum atomic E-state index is 12.1. The lowest BCUT2D eigenvalue weighted by atomic mass is 10.1. The molecule has 1 aliphatic heterocycles. The number of carbonyl (C=O) groups is 1. The Balaban J connectivity index is 1.51. The van der Waals surface area contributed by atoms with Gasteiger partial charge in [0.1, 0.15) is 5.69 Å². The number of nitrogens with one attached hydrogen (secondary N) is 2. The van der Waals surface area contributed by atoms with Crippen LogP contribution in [0.1, 0.15) is 10.5 Å². The molecule has 1 aromatic heterocycles. The molecule has 22 heavy (non-hydrogen) atoms. The quantitative estimate of drug-likeness (QED) is 0.869. The van der Waals surface area contributed by atoms with E-state index in [9.17, 15) is 4.79 Å². The summed E-state index contributed by atoms with van der Waals surface area (Å²) < 4.78 is 5.30. The topological polar surface area (TPSA) is 70.2 Å². The summed E-state index contributed by atoms with van der Waals surface area (Å²) in [5, 5.41) is 9.91. The number of hydrogen-bond donors (Lipinski definition) is 2. The molecular formula is C16H20N4O2. The van der Waals surface area contributed by atoms with Crippen molar-refractivity contribution in [3.8, 4) is 11.3 Å². The molecule has 0 saturated carbocycles. The maximum absolute atomic E-state index is 12.1. The summed E-state index contributed by atoms with van der Waals surface area (Å²) in [4.78, 5) is 14.4. The highest BCUT2D eigenvalue weighted by Gasteiger charge is 2.13. The van der Waals surface area contributed by atoms with Crippen LogP contribution in [0.5, 0.6) is 0 Å². The Morgan fingerprint density at radius 3 is 2.82 bits per heavy atom. The number of ether oxygens (including phenoxy) is 1. The first-order valence-electron chi connectivity index (χ1n) is 7.52. The third kappa shape index (κ3) is 3.72. The number of aromatic nitrogens is 2. The summed E-state index contributed by atoms with van der Waals surface area (Å²) in [6, 6.07) is 11.6. The summed E-state index contributed by atoms with van der Waals surface area (Å²) in [7, 11) is 0. The molecule has 6 nitrogen and oxygen atoms in total. The van der Waals surface area contributed by atoms with Crippen LogP contribution in [0.25, 0.3) is 11.3 Å². The second-order valence-electron chi connectivity index (χ2n) is 5.24. The Morgan fingerprint density at radius 2 is 2.05 bits per heavy atom. The number of amides is 1. The first-order chi connectivity index (χ1) is 10.8. The van der Waals surface area contributed by atoms with Gasteiger partial charge in [0.2, 0.25) is 0 Å². The van der Waals surface area contributed by atoms with E-state index >= 15 is 0 Å². The molecule has 1 aliphatic rings. The van der Waals surface area contributed by atoms with E-state index < -0.39 is 0 Å². The van der Waals surface area contributed by atoms with Gasteiger partial charge in [-0.3, -0.25) is 14.8 Å².